The van der Waals surface area contributed by atoms with Gasteiger partial charge < -0.3 is 5.11 Å². The summed E-state index contributed by atoms with van der Waals surface area (Å²) in [4.78, 5) is 0. The zero-order valence-corrected chi connectivity index (χ0v) is 8.33. The number of hydrogen-bond donors (Lipinski definition) is 1. The lowest BCUT2D eigenvalue weighted by atomic mass is 9.93. The molecule has 1 aliphatic rings. The van der Waals surface area contributed by atoms with E-state index in [-0.39, 0.29) is 0 Å². The van der Waals surface area contributed by atoms with Gasteiger partial charge in [0.25, 0.3) is 0 Å². The van der Waals surface area contributed by atoms with Gasteiger partial charge in [-0.2, -0.15) is 0 Å². The van der Waals surface area contributed by atoms with Gasteiger partial charge in [0.2, 0.25) is 0 Å². The third-order valence-corrected chi connectivity index (χ3v) is 2.87. The number of allylic oxidation sites excluding steroid dienone is 2. The highest BCUT2D eigenvalue weighted by molar-refractivity contribution is 5.75. The maximum atomic E-state index is 9.95. The molecule has 1 aromatic rings. The predicted octanol–water partition coefficient (Wildman–Crippen LogP) is 3.65. The van der Waals surface area contributed by atoms with E-state index in [0.29, 0.717) is 11.7 Å². The molecule has 0 saturated carbocycles. The molecule has 1 heteroatoms. The molecule has 0 fully saturated rings. The summed E-state index contributed by atoms with van der Waals surface area (Å²) >= 11 is 0. The lowest BCUT2D eigenvalue weighted by Gasteiger charge is -2.10. The van der Waals surface area contributed by atoms with E-state index >= 15 is 0 Å². The van der Waals surface area contributed by atoms with E-state index in [9.17, 15) is 5.11 Å². The van der Waals surface area contributed by atoms with Crippen LogP contribution in [0, 0.1) is 0 Å². The molecule has 1 atom stereocenters. The first kappa shape index (κ1) is 9.07. The Balaban J connectivity index is 2.61. The van der Waals surface area contributed by atoms with Crippen molar-refractivity contribution in [1.29, 1.82) is 0 Å². The minimum absolute atomic E-state index is 0.323. The van der Waals surface area contributed by atoms with Crippen molar-refractivity contribution in [3.8, 4) is 0 Å². The molecule has 0 bridgehead atoms. The molecule has 1 aliphatic carbocycles. The van der Waals surface area contributed by atoms with Crippen molar-refractivity contribution in [2.24, 2.45) is 0 Å². The van der Waals surface area contributed by atoms with Gasteiger partial charge in [0.15, 0.2) is 0 Å². The number of aliphatic hydroxyl groups is 1. The standard InChI is InChI=1S/C13H14O/c1-3-9-10(4-2)13(14)12-8-6-5-7-11(9)12/h4-9,14H,2-3H2,1H3. The third-order valence-electron chi connectivity index (χ3n) is 2.87. The lowest BCUT2D eigenvalue weighted by molar-refractivity contribution is 0.509. The number of rotatable bonds is 2. The van der Waals surface area contributed by atoms with Crippen molar-refractivity contribution in [2.75, 3.05) is 0 Å². The summed E-state index contributed by atoms with van der Waals surface area (Å²) in [6, 6.07) is 8.01. The van der Waals surface area contributed by atoms with Crippen LogP contribution in [-0.2, 0) is 0 Å². The van der Waals surface area contributed by atoms with Crippen LogP contribution in [0.5, 0.6) is 0 Å². The fourth-order valence-corrected chi connectivity index (χ4v) is 2.18. The van der Waals surface area contributed by atoms with Gasteiger partial charge in [0.05, 0.1) is 0 Å². The second-order valence-electron chi connectivity index (χ2n) is 3.56. The number of benzene rings is 1. The zero-order chi connectivity index (χ0) is 10.1. The van der Waals surface area contributed by atoms with E-state index in [1.54, 1.807) is 6.08 Å². The van der Waals surface area contributed by atoms with Gasteiger partial charge in [0.1, 0.15) is 5.76 Å². The quantitative estimate of drug-likeness (QED) is 0.747. The fourth-order valence-electron chi connectivity index (χ4n) is 2.18. The van der Waals surface area contributed by atoms with Crippen LogP contribution < -0.4 is 0 Å². The fraction of sp³-hybridized carbons (Fsp3) is 0.231. The minimum atomic E-state index is 0.323. The molecule has 1 aromatic carbocycles. The molecule has 72 valence electrons. The van der Waals surface area contributed by atoms with E-state index in [1.165, 1.54) is 5.56 Å². The molecule has 0 amide bonds. The number of hydrogen-bond acceptors (Lipinski definition) is 1. The van der Waals surface area contributed by atoms with Gasteiger partial charge >= 0.3 is 0 Å². The van der Waals surface area contributed by atoms with Gasteiger partial charge in [-0.05, 0) is 12.0 Å². The van der Waals surface area contributed by atoms with Crippen LogP contribution in [0.4, 0.5) is 0 Å². The molecule has 14 heavy (non-hydrogen) atoms. The van der Waals surface area contributed by atoms with Gasteiger partial charge in [-0.1, -0.05) is 43.8 Å². The highest BCUT2D eigenvalue weighted by Gasteiger charge is 2.27. The summed E-state index contributed by atoms with van der Waals surface area (Å²) < 4.78 is 0. The van der Waals surface area contributed by atoms with Gasteiger partial charge in [-0.3, -0.25) is 0 Å². The predicted molar refractivity (Wildman–Crippen MR) is 59.2 cm³/mol. The van der Waals surface area contributed by atoms with E-state index in [4.69, 9.17) is 0 Å². The summed E-state index contributed by atoms with van der Waals surface area (Å²) in [5, 5.41) is 9.95. The maximum absolute atomic E-state index is 9.95. The van der Waals surface area contributed by atoms with Crippen LogP contribution >= 0.6 is 0 Å². The second kappa shape index (κ2) is 3.33. The average molecular weight is 186 g/mol. The monoisotopic (exact) mass is 186 g/mol. The second-order valence-corrected chi connectivity index (χ2v) is 3.56. The third kappa shape index (κ3) is 1.09. The van der Waals surface area contributed by atoms with E-state index in [2.05, 4.69) is 19.6 Å². The van der Waals surface area contributed by atoms with E-state index < -0.39 is 0 Å². The molecule has 0 heterocycles. The molecule has 1 N–H and O–H groups in total. The van der Waals surface area contributed by atoms with Crippen molar-refractivity contribution in [1.82, 2.24) is 0 Å². The summed E-state index contributed by atoms with van der Waals surface area (Å²) in [5.74, 6) is 0.728. The number of fused-ring (bicyclic) bond motifs is 1. The molecule has 1 nitrogen and oxygen atoms in total. The Morgan fingerprint density at radius 2 is 2.14 bits per heavy atom. The Hall–Kier alpha value is -1.50. The van der Waals surface area contributed by atoms with Crippen molar-refractivity contribution < 1.29 is 5.11 Å². The van der Waals surface area contributed by atoms with Crippen LogP contribution in [0.15, 0.2) is 42.5 Å². The summed E-state index contributed by atoms with van der Waals surface area (Å²) in [6.45, 7) is 5.88. The Morgan fingerprint density at radius 3 is 2.79 bits per heavy atom. The van der Waals surface area contributed by atoms with Gasteiger partial charge in [0, 0.05) is 17.1 Å². The molecule has 0 radical (unpaired) electrons. The molecular formula is C13H14O. The SMILES string of the molecule is C=CC1=C(O)c2ccccc2C1CC. The molecule has 0 spiro atoms. The zero-order valence-electron chi connectivity index (χ0n) is 8.33. The molecular weight excluding hydrogens is 172 g/mol. The topological polar surface area (TPSA) is 20.2 Å². The van der Waals surface area contributed by atoms with Crippen molar-refractivity contribution in [3.63, 3.8) is 0 Å². The molecule has 2 rings (SSSR count). The van der Waals surface area contributed by atoms with Gasteiger partial charge in [-0.15, -0.1) is 0 Å². The summed E-state index contributed by atoms with van der Waals surface area (Å²) in [7, 11) is 0. The molecule has 1 unspecified atom stereocenters. The lowest BCUT2D eigenvalue weighted by Crippen LogP contribution is -1.94. The minimum Gasteiger partial charge on any atom is -0.507 e. The highest BCUT2D eigenvalue weighted by atomic mass is 16.3. The Kier molecular flexibility index (Phi) is 2.16. The molecule has 0 aromatic heterocycles. The van der Waals surface area contributed by atoms with Crippen LogP contribution in [0.1, 0.15) is 30.4 Å². The van der Waals surface area contributed by atoms with Crippen LogP contribution in [0.2, 0.25) is 0 Å². The van der Waals surface area contributed by atoms with Crippen molar-refractivity contribution in [3.05, 3.63) is 53.6 Å². The smallest absolute Gasteiger partial charge is 0.126 e. The Morgan fingerprint density at radius 1 is 1.43 bits per heavy atom. The van der Waals surface area contributed by atoms with Gasteiger partial charge in [-0.25, -0.2) is 0 Å². The first-order chi connectivity index (χ1) is 6.79. The normalized spacial score (nSPS) is 19.6. The Labute approximate surface area is 84.4 Å². The van der Waals surface area contributed by atoms with Crippen molar-refractivity contribution >= 4 is 5.76 Å². The first-order valence-corrected chi connectivity index (χ1v) is 4.94. The summed E-state index contributed by atoms with van der Waals surface area (Å²) in [6.07, 6.45) is 2.77. The summed E-state index contributed by atoms with van der Waals surface area (Å²) in [5.41, 5.74) is 3.16. The van der Waals surface area contributed by atoms with Crippen LogP contribution in [0.3, 0.4) is 0 Å². The van der Waals surface area contributed by atoms with Crippen molar-refractivity contribution in [2.45, 2.75) is 19.3 Å². The first-order valence-electron chi connectivity index (χ1n) is 4.94. The van der Waals surface area contributed by atoms with Crippen LogP contribution in [-0.4, -0.2) is 5.11 Å². The van der Waals surface area contributed by atoms with Crippen LogP contribution in [0.25, 0.3) is 5.76 Å². The molecule has 0 saturated heterocycles. The van der Waals surface area contributed by atoms with E-state index in [0.717, 1.165) is 17.6 Å². The largest absolute Gasteiger partial charge is 0.507 e. The average Bonchev–Trinajstić information content (AvgIpc) is 2.51. The number of aliphatic hydroxyl groups excluding tert-OH is 1. The highest BCUT2D eigenvalue weighted by Crippen LogP contribution is 2.42. The Bertz CT molecular complexity index is 401. The van der Waals surface area contributed by atoms with E-state index in [1.807, 2.05) is 18.2 Å². The maximum Gasteiger partial charge on any atom is 0.126 e. The molecule has 0 aliphatic heterocycles.